The molecule has 2 rings (SSSR count). The van der Waals surface area contributed by atoms with Crippen molar-refractivity contribution in [1.29, 1.82) is 0 Å². The molecular weight excluding hydrogens is 262 g/mol. The van der Waals surface area contributed by atoms with Gasteiger partial charge < -0.3 is 9.84 Å². The van der Waals surface area contributed by atoms with E-state index in [0.717, 1.165) is 30.7 Å². The highest BCUT2D eigenvalue weighted by Gasteiger charge is 2.28. The summed E-state index contributed by atoms with van der Waals surface area (Å²) in [5.74, 6) is -0.751. The van der Waals surface area contributed by atoms with Crippen molar-refractivity contribution in [2.45, 2.75) is 51.2 Å². The number of carboxylic acids is 1. The molecule has 1 aliphatic heterocycles. The summed E-state index contributed by atoms with van der Waals surface area (Å²) in [7, 11) is 0. The minimum absolute atomic E-state index is 0.0887. The number of carbonyl (C=O) groups excluding carboxylic acids is 1. The Morgan fingerprint density at radius 2 is 2.20 bits per heavy atom. The number of rotatable bonds is 9. The second-order valence-corrected chi connectivity index (χ2v) is 5.66. The van der Waals surface area contributed by atoms with Gasteiger partial charge in [0.25, 0.3) is 0 Å². The second-order valence-electron chi connectivity index (χ2n) is 5.66. The summed E-state index contributed by atoms with van der Waals surface area (Å²) < 4.78 is 5.39. The van der Waals surface area contributed by atoms with Gasteiger partial charge >= 0.3 is 5.97 Å². The van der Waals surface area contributed by atoms with Gasteiger partial charge in [0.15, 0.2) is 6.29 Å². The first-order valence-corrected chi connectivity index (χ1v) is 7.42. The number of ether oxygens (including phenoxy) is 1. The maximum atomic E-state index is 11.2. The van der Waals surface area contributed by atoms with Gasteiger partial charge in [0.2, 0.25) is 6.41 Å². The van der Waals surface area contributed by atoms with Gasteiger partial charge in [0, 0.05) is 13.0 Å². The van der Waals surface area contributed by atoms with Crippen LogP contribution in [0, 0.1) is 11.8 Å². The Kier molecular flexibility index (Phi) is 5.79. The lowest BCUT2D eigenvalue weighted by Crippen LogP contribution is -2.37. The van der Waals surface area contributed by atoms with Crippen LogP contribution in [0.5, 0.6) is 0 Å². The molecule has 2 aliphatic rings. The van der Waals surface area contributed by atoms with Crippen molar-refractivity contribution in [2.75, 3.05) is 13.2 Å². The molecule has 0 aromatic heterocycles. The van der Waals surface area contributed by atoms with Crippen LogP contribution in [0.25, 0.3) is 0 Å². The fraction of sp³-hybridized carbons (Fsp3) is 0.857. The predicted molar refractivity (Wildman–Crippen MR) is 70.5 cm³/mol. The van der Waals surface area contributed by atoms with Crippen LogP contribution in [-0.4, -0.2) is 42.0 Å². The van der Waals surface area contributed by atoms with Gasteiger partial charge in [-0.05, 0) is 31.6 Å². The number of amides is 1. The molecule has 1 N–H and O–H groups in total. The molecule has 0 bridgehead atoms. The third-order valence-corrected chi connectivity index (χ3v) is 3.88. The zero-order valence-corrected chi connectivity index (χ0v) is 11.7. The van der Waals surface area contributed by atoms with Crippen LogP contribution in [-0.2, 0) is 19.2 Å². The Bertz CT molecular complexity index is 326. The van der Waals surface area contributed by atoms with E-state index in [1.807, 2.05) is 0 Å². The molecule has 1 unspecified atom stereocenters. The molecule has 2 atom stereocenters. The van der Waals surface area contributed by atoms with E-state index in [0.29, 0.717) is 25.4 Å². The highest BCUT2D eigenvalue weighted by atomic mass is 16.8. The van der Waals surface area contributed by atoms with Crippen molar-refractivity contribution in [3.05, 3.63) is 0 Å². The third-order valence-electron chi connectivity index (χ3n) is 3.88. The number of carbonyl (C=O) groups is 2. The van der Waals surface area contributed by atoms with Crippen LogP contribution in [0.2, 0.25) is 0 Å². The molecule has 1 aliphatic carbocycles. The first kappa shape index (κ1) is 15.3. The van der Waals surface area contributed by atoms with Gasteiger partial charge in [-0.1, -0.05) is 12.8 Å². The summed E-state index contributed by atoms with van der Waals surface area (Å²) in [6.45, 7) is 0.715. The maximum absolute atomic E-state index is 11.2. The van der Waals surface area contributed by atoms with E-state index in [-0.39, 0.29) is 6.54 Å². The zero-order chi connectivity index (χ0) is 14.4. The molecule has 1 saturated carbocycles. The molecule has 20 heavy (non-hydrogen) atoms. The van der Waals surface area contributed by atoms with Crippen molar-refractivity contribution in [2.24, 2.45) is 11.8 Å². The smallest absolute Gasteiger partial charge is 0.308 e. The van der Waals surface area contributed by atoms with Crippen LogP contribution >= 0.6 is 0 Å². The van der Waals surface area contributed by atoms with E-state index in [4.69, 9.17) is 9.57 Å². The maximum Gasteiger partial charge on any atom is 0.308 e. The molecule has 0 aromatic carbocycles. The van der Waals surface area contributed by atoms with Crippen LogP contribution in [0.3, 0.4) is 0 Å². The molecule has 0 aromatic rings. The fourth-order valence-electron chi connectivity index (χ4n) is 2.41. The first-order chi connectivity index (χ1) is 9.69. The summed E-state index contributed by atoms with van der Waals surface area (Å²) in [4.78, 5) is 27.7. The molecule has 6 heteroatoms. The Morgan fingerprint density at radius 1 is 1.40 bits per heavy atom. The van der Waals surface area contributed by atoms with Crippen molar-refractivity contribution >= 4 is 12.4 Å². The van der Waals surface area contributed by atoms with Crippen LogP contribution in [0.1, 0.15) is 44.9 Å². The molecule has 6 nitrogen and oxygen atoms in total. The highest BCUT2D eigenvalue weighted by Crippen LogP contribution is 2.34. The summed E-state index contributed by atoms with van der Waals surface area (Å²) >= 11 is 0. The molecular formula is C14H23NO5. The fourth-order valence-corrected chi connectivity index (χ4v) is 2.41. The average Bonchev–Trinajstić information content (AvgIpc) is 3.27. The van der Waals surface area contributed by atoms with E-state index >= 15 is 0 Å². The number of nitrogens with zero attached hydrogens (tertiary/aromatic N) is 1. The quantitative estimate of drug-likeness (QED) is 0.516. The van der Waals surface area contributed by atoms with Gasteiger partial charge in [0.1, 0.15) is 0 Å². The number of hydroxylamine groups is 2. The molecule has 0 radical (unpaired) electrons. The van der Waals surface area contributed by atoms with Crippen molar-refractivity contribution < 1.29 is 24.3 Å². The summed E-state index contributed by atoms with van der Waals surface area (Å²) in [5.41, 5.74) is 0. The van der Waals surface area contributed by atoms with Crippen molar-refractivity contribution in [3.63, 3.8) is 0 Å². The largest absolute Gasteiger partial charge is 0.481 e. The normalized spacial score (nSPS) is 24.1. The number of hydrogen-bond donors (Lipinski definition) is 1. The van der Waals surface area contributed by atoms with Crippen molar-refractivity contribution in [1.82, 2.24) is 5.06 Å². The third kappa shape index (κ3) is 5.09. The Labute approximate surface area is 119 Å². The second kappa shape index (κ2) is 7.59. The lowest BCUT2D eigenvalue weighted by molar-refractivity contribution is -0.276. The number of carboxylic acid groups (broad SMARTS) is 1. The van der Waals surface area contributed by atoms with Crippen LogP contribution < -0.4 is 0 Å². The predicted octanol–water partition coefficient (Wildman–Crippen LogP) is 1.79. The standard InChI is InChI=1S/C14H23NO5/c16-10-15(20-13-3-1-2-8-19-13)9-12(14(17)18)7-6-11-4-5-11/h10-13H,1-9H2,(H,17,18)/t12-,13?/m1/s1. The molecule has 1 saturated heterocycles. The number of hydrogen-bond acceptors (Lipinski definition) is 4. The van der Waals surface area contributed by atoms with Gasteiger partial charge in [0.05, 0.1) is 12.5 Å². The molecule has 1 heterocycles. The van der Waals surface area contributed by atoms with Gasteiger partial charge in [-0.2, -0.15) is 0 Å². The average molecular weight is 285 g/mol. The van der Waals surface area contributed by atoms with E-state index in [2.05, 4.69) is 0 Å². The zero-order valence-electron chi connectivity index (χ0n) is 11.7. The van der Waals surface area contributed by atoms with Gasteiger partial charge in [-0.3, -0.25) is 9.59 Å². The molecule has 2 fully saturated rings. The lowest BCUT2D eigenvalue weighted by atomic mass is 10.0. The summed E-state index contributed by atoms with van der Waals surface area (Å²) in [6, 6.07) is 0. The molecule has 0 spiro atoms. The molecule has 1 amide bonds. The van der Waals surface area contributed by atoms with E-state index in [1.54, 1.807) is 0 Å². The summed E-state index contributed by atoms with van der Waals surface area (Å²) in [5, 5.41) is 10.3. The minimum atomic E-state index is -0.870. The Morgan fingerprint density at radius 3 is 2.75 bits per heavy atom. The highest BCUT2D eigenvalue weighted by molar-refractivity contribution is 5.70. The Hall–Kier alpha value is -1.14. The van der Waals surface area contributed by atoms with E-state index < -0.39 is 18.2 Å². The molecule has 114 valence electrons. The van der Waals surface area contributed by atoms with Crippen molar-refractivity contribution in [3.8, 4) is 0 Å². The summed E-state index contributed by atoms with van der Waals surface area (Å²) in [6.07, 6.45) is 6.79. The monoisotopic (exact) mass is 285 g/mol. The van der Waals surface area contributed by atoms with Crippen LogP contribution in [0.15, 0.2) is 0 Å². The van der Waals surface area contributed by atoms with Gasteiger partial charge in [-0.25, -0.2) is 9.90 Å². The van der Waals surface area contributed by atoms with E-state index in [1.165, 1.54) is 12.8 Å². The Balaban J connectivity index is 1.77. The van der Waals surface area contributed by atoms with Gasteiger partial charge in [-0.15, -0.1) is 0 Å². The first-order valence-electron chi connectivity index (χ1n) is 7.42. The van der Waals surface area contributed by atoms with E-state index in [9.17, 15) is 14.7 Å². The lowest BCUT2D eigenvalue weighted by Gasteiger charge is -2.28. The van der Waals surface area contributed by atoms with Crippen LogP contribution in [0.4, 0.5) is 0 Å². The SMILES string of the molecule is O=CN(C[C@@H](CCC1CC1)C(=O)O)OC1CCCCO1. The minimum Gasteiger partial charge on any atom is -0.481 e. The number of aliphatic carboxylic acids is 1. The topological polar surface area (TPSA) is 76.1 Å².